The van der Waals surface area contributed by atoms with E-state index in [1.54, 1.807) is 0 Å². The summed E-state index contributed by atoms with van der Waals surface area (Å²) in [5.41, 5.74) is -0.807. The summed E-state index contributed by atoms with van der Waals surface area (Å²) in [7, 11) is 0. The molecule has 0 unspecified atom stereocenters. The molecule has 9 heteroatoms. The first-order valence-electron chi connectivity index (χ1n) is 5.51. The van der Waals surface area contributed by atoms with Crippen molar-refractivity contribution in [1.82, 2.24) is 19.5 Å². The molecule has 0 amide bonds. The number of fused-ring (bicyclic) bond motifs is 1. The van der Waals surface area contributed by atoms with Gasteiger partial charge in [0, 0.05) is 12.1 Å². The summed E-state index contributed by atoms with van der Waals surface area (Å²) in [4.78, 5) is 43.0. The second-order valence-electron chi connectivity index (χ2n) is 3.97. The lowest BCUT2D eigenvalue weighted by Crippen LogP contribution is -2.33. The monoisotopic (exact) mass is 273 g/mol. The van der Waals surface area contributed by atoms with Crippen molar-refractivity contribution in [2.24, 2.45) is 0 Å². The molecule has 0 atom stereocenters. The summed E-state index contributed by atoms with van der Waals surface area (Å²) in [5.74, 6) is 0. The van der Waals surface area contributed by atoms with Crippen molar-refractivity contribution in [2.75, 3.05) is 0 Å². The van der Waals surface area contributed by atoms with Crippen LogP contribution in [0.1, 0.15) is 0 Å². The lowest BCUT2D eigenvalue weighted by atomic mass is 10.3. The van der Waals surface area contributed by atoms with E-state index in [1.807, 2.05) is 0 Å². The van der Waals surface area contributed by atoms with E-state index < -0.39 is 16.2 Å². The molecule has 2 heterocycles. The van der Waals surface area contributed by atoms with Crippen LogP contribution in [0.2, 0.25) is 0 Å². The molecule has 0 radical (unpaired) electrons. The third kappa shape index (κ3) is 1.68. The number of benzene rings is 1. The van der Waals surface area contributed by atoms with E-state index in [4.69, 9.17) is 0 Å². The molecule has 0 aliphatic heterocycles. The van der Waals surface area contributed by atoms with Crippen LogP contribution in [0.25, 0.3) is 16.9 Å². The van der Waals surface area contributed by atoms with E-state index in [-0.39, 0.29) is 22.5 Å². The zero-order valence-electron chi connectivity index (χ0n) is 9.86. The van der Waals surface area contributed by atoms with E-state index in [9.17, 15) is 19.7 Å². The summed E-state index contributed by atoms with van der Waals surface area (Å²) in [6.07, 6.45) is 1.29. The molecule has 9 nitrogen and oxygen atoms in total. The molecule has 20 heavy (non-hydrogen) atoms. The van der Waals surface area contributed by atoms with Crippen molar-refractivity contribution in [3.8, 4) is 5.69 Å². The Hall–Kier alpha value is -3.23. The van der Waals surface area contributed by atoms with E-state index >= 15 is 0 Å². The molecule has 3 rings (SSSR count). The molecule has 2 N–H and O–H groups in total. The highest BCUT2D eigenvalue weighted by atomic mass is 16.6. The first-order chi connectivity index (χ1) is 9.58. The number of aromatic amines is 2. The van der Waals surface area contributed by atoms with E-state index in [1.165, 1.54) is 30.6 Å². The Morgan fingerprint density at radius 1 is 1.20 bits per heavy atom. The number of H-pyrrole nitrogens is 2. The van der Waals surface area contributed by atoms with Crippen molar-refractivity contribution in [3.05, 3.63) is 61.5 Å². The highest BCUT2D eigenvalue weighted by molar-refractivity contribution is 5.68. The highest BCUT2D eigenvalue weighted by Crippen LogP contribution is 2.13. The minimum Gasteiger partial charge on any atom is -0.339 e. The molecule has 1 aromatic carbocycles. The van der Waals surface area contributed by atoms with Crippen LogP contribution in [0.3, 0.4) is 0 Å². The van der Waals surface area contributed by atoms with Crippen LogP contribution in [0, 0.1) is 10.1 Å². The van der Waals surface area contributed by atoms with Gasteiger partial charge in [-0.05, 0) is 12.1 Å². The first-order valence-corrected chi connectivity index (χ1v) is 5.51. The molecule has 0 aliphatic carbocycles. The number of nitrogens with zero attached hydrogens (tertiary/aromatic N) is 3. The van der Waals surface area contributed by atoms with E-state index in [0.29, 0.717) is 0 Å². The molecule has 3 aromatic rings. The topological polar surface area (TPSA) is 127 Å². The van der Waals surface area contributed by atoms with Crippen molar-refractivity contribution in [2.45, 2.75) is 0 Å². The summed E-state index contributed by atoms with van der Waals surface area (Å²) in [5, 5.41) is 10.6. The maximum atomic E-state index is 12.2. The fourth-order valence-corrected chi connectivity index (χ4v) is 1.87. The van der Waals surface area contributed by atoms with Gasteiger partial charge >= 0.3 is 5.69 Å². The predicted octanol–water partition coefficient (Wildman–Crippen LogP) is 0.310. The Labute approximate surface area is 109 Å². The van der Waals surface area contributed by atoms with Gasteiger partial charge in [0.2, 0.25) is 0 Å². The molecular formula is C11H7N5O4. The zero-order chi connectivity index (χ0) is 14.3. The van der Waals surface area contributed by atoms with Gasteiger partial charge in [0.15, 0.2) is 5.65 Å². The molecule has 0 spiro atoms. The summed E-state index contributed by atoms with van der Waals surface area (Å²) >= 11 is 0. The molecule has 0 saturated heterocycles. The predicted molar refractivity (Wildman–Crippen MR) is 69.0 cm³/mol. The number of nitro groups is 1. The maximum absolute atomic E-state index is 12.2. The third-order valence-corrected chi connectivity index (χ3v) is 2.80. The molecule has 0 fully saturated rings. The van der Waals surface area contributed by atoms with Gasteiger partial charge in [-0.25, -0.2) is 14.3 Å². The lowest BCUT2D eigenvalue weighted by Gasteiger charge is -2.03. The quantitative estimate of drug-likeness (QED) is 0.513. The van der Waals surface area contributed by atoms with Crippen LogP contribution in [-0.4, -0.2) is 24.4 Å². The van der Waals surface area contributed by atoms with Crippen LogP contribution < -0.4 is 11.2 Å². The molecule has 0 saturated carbocycles. The molecule has 2 aromatic heterocycles. The Kier molecular flexibility index (Phi) is 2.46. The Balaban J connectivity index is 2.26. The Bertz CT molecular complexity index is 918. The van der Waals surface area contributed by atoms with Crippen molar-refractivity contribution >= 4 is 16.9 Å². The number of aromatic nitrogens is 4. The molecule has 0 aliphatic rings. The van der Waals surface area contributed by atoms with Gasteiger partial charge in [-0.3, -0.25) is 19.9 Å². The molecule has 0 bridgehead atoms. The largest absolute Gasteiger partial charge is 0.339 e. The van der Waals surface area contributed by atoms with Crippen LogP contribution in [0.5, 0.6) is 0 Å². The van der Waals surface area contributed by atoms with E-state index in [0.717, 1.165) is 4.57 Å². The van der Waals surface area contributed by atoms with Gasteiger partial charge in [0.1, 0.15) is 5.52 Å². The number of nitrogens with one attached hydrogen (secondary N) is 2. The second kappa shape index (κ2) is 4.16. The third-order valence-electron chi connectivity index (χ3n) is 2.80. The second-order valence-corrected chi connectivity index (χ2v) is 3.97. The average molecular weight is 273 g/mol. The standard InChI is InChI=1S/C11H7N5O4/c17-10-8-9(13-5-12-8)14-11(18)15(10)6-1-3-7(4-2-6)16(19)20/h1-5H,(H,12,13)(H,14,18). The minimum atomic E-state index is -0.663. The number of imidazole rings is 1. The number of nitro benzene ring substituents is 1. The molecular weight excluding hydrogens is 266 g/mol. The molecule has 100 valence electrons. The van der Waals surface area contributed by atoms with Crippen molar-refractivity contribution in [3.63, 3.8) is 0 Å². The summed E-state index contributed by atoms with van der Waals surface area (Å²) in [6, 6.07) is 5.10. The van der Waals surface area contributed by atoms with Crippen LogP contribution in [-0.2, 0) is 0 Å². The van der Waals surface area contributed by atoms with Gasteiger partial charge in [-0.15, -0.1) is 0 Å². The van der Waals surface area contributed by atoms with Crippen molar-refractivity contribution in [1.29, 1.82) is 0 Å². The normalized spacial score (nSPS) is 10.8. The lowest BCUT2D eigenvalue weighted by molar-refractivity contribution is -0.384. The van der Waals surface area contributed by atoms with Gasteiger partial charge in [0.05, 0.1) is 16.9 Å². The number of hydrogen-bond donors (Lipinski definition) is 2. The Morgan fingerprint density at radius 3 is 2.55 bits per heavy atom. The van der Waals surface area contributed by atoms with Crippen LogP contribution in [0.15, 0.2) is 40.2 Å². The SMILES string of the molecule is O=c1[nH]c2nc[nH]c2c(=O)n1-c1ccc([N+](=O)[O-])cc1. The smallest absolute Gasteiger partial charge is 0.334 e. The van der Waals surface area contributed by atoms with Gasteiger partial charge in [0.25, 0.3) is 11.2 Å². The van der Waals surface area contributed by atoms with Crippen molar-refractivity contribution < 1.29 is 4.92 Å². The van der Waals surface area contributed by atoms with Crippen LogP contribution >= 0.6 is 0 Å². The van der Waals surface area contributed by atoms with Gasteiger partial charge < -0.3 is 4.98 Å². The van der Waals surface area contributed by atoms with E-state index in [2.05, 4.69) is 15.0 Å². The number of rotatable bonds is 2. The number of hydrogen-bond acceptors (Lipinski definition) is 5. The van der Waals surface area contributed by atoms with Gasteiger partial charge in [-0.2, -0.15) is 0 Å². The summed E-state index contributed by atoms with van der Waals surface area (Å²) in [6.45, 7) is 0. The maximum Gasteiger partial charge on any atom is 0.334 e. The highest BCUT2D eigenvalue weighted by Gasteiger charge is 2.12. The number of non-ortho nitro benzene ring substituents is 1. The van der Waals surface area contributed by atoms with Gasteiger partial charge in [-0.1, -0.05) is 0 Å². The zero-order valence-corrected chi connectivity index (χ0v) is 9.86. The average Bonchev–Trinajstić information content (AvgIpc) is 2.87. The Morgan fingerprint density at radius 2 is 1.90 bits per heavy atom. The van der Waals surface area contributed by atoms with Crippen LogP contribution in [0.4, 0.5) is 5.69 Å². The fourth-order valence-electron chi connectivity index (χ4n) is 1.87. The first kappa shape index (κ1) is 11.8. The fraction of sp³-hybridized carbons (Fsp3) is 0. The summed E-state index contributed by atoms with van der Waals surface area (Å²) < 4.78 is 0.879. The minimum absolute atomic E-state index is 0.124.